The molecule has 0 aliphatic heterocycles. The standard InChI is InChI=1S/C7H16N2S/c1-7(8-2)9(3)5-4-6-10/h10H,4-6H2,1-3H3. The van der Waals surface area contributed by atoms with Crippen LogP contribution in [0, 0.1) is 0 Å². The van der Waals surface area contributed by atoms with Crippen LogP contribution in [-0.4, -0.2) is 37.1 Å². The van der Waals surface area contributed by atoms with Crippen LogP contribution < -0.4 is 0 Å². The largest absolute Gasteiger partial charge is 0.364 e. The smallest absolute Gasteiger partial charge is 0.0951 e. The van der Waals surface area contributed by atoms with E-state index in [1.807, 2.05) is 21.0 Å². The molecule has 0 radical (unpaired) electrons. The minimum absolute atomic E-state index is 0.946. The highest BCUT2D eigenvalue weighted by molar-refractivity contribution is 7.80. The minimum Gasteiger partial charge on any atom is -0.364 e. The fraction of sp³-hybridized carbons (Fsp3) is 0.857. The van der Waals surface area contributed by atoms with E-state index in [4.69, 9.17) is 0 Å². The fourth-order valence-electron chi connectivity index (χ4n) is 0.640. The third-order valence-corrected chi connectivity index (χ3v) is 1.84. The number of rotatable bonds is 3. The summed E-state index contributed by atoms with van der Waals surface area (Å²) in [6.07, 6.45) is 1.12. The average Bonchev–Trinajstić information content (AvgIpc) is 1.98. The van der Waals surface area contributed by atoms with Crippen LogP contribution in [0.5, 0.6) is 0 Å². The molecule has 0 rings (SSSR count). The summed E-state index contributed by atoms with van der Waals surface area (Å²) >= 11 is 4.13. The van der Waals surface area contributed by atoms with E-state index in [0.717, 1.165) is 24.6 Å². The zero-order chi connectivity index (χ0) is 7.98. The van der Waals surface area contributed by atoms with Gasteiger partial charge in [-0.3, -0.25) is 4.99 Å². The molecule has 0 bridgehead atoms. The number of aliphatic imine (C=N–C) groups is 1. The quantitative estimate of drug-likeness (QED) is 0.373. The van der Waals surface area contributed by atoms with Crippen molar-refractivity contribution in [2.24, 2.45) is 4.99 Å². The van der Waals surface area contributed by atoms with Gasteiger partial charge in [0.1, 0.15) is 0 Å². The third kappa shape index (κ3) is 3.77. The van der Waals surface area contributed by atoms with Crippen molar-refractivity contribution in [1.29, 1.82) is 0 Å². The Labute approximate surface area is 68.7 Å². The first-order chi connectivity index (χ1) is 4.72. The highest BCUT2D eigenvalue weighted by Gasteiger charge is 1.96. The lowest BCUT2D eigenvalue weighted by Gasteiger charge is -2.16. The summed E-state index contributed by atoms with van der Waals surface area (Å²) in [6, 6.07) is 0. The predicted octanol–water partition coefficient (Wildman–Crippen LogP) is 1.29. The molecule has 3 heteroatoms. The topological polar surface area (TPSA) is 15.6 Å². The minimum atomic E-state index is 0.946. The molecule has 60 valence electrons. The first-order valence-corrected chi connectivity index (χ1v) is 4.11. The molecule has 0 N–H and O–H groups in total. The molecular weight excluding hydrogens is 144 g/mol. The number of hydrogen-bond acceptors (Lipinski definition) is 2. The monoisotopic (exact) mass is 160 g/mol. The van der Waals surface area contributed by atoms with Crippen molar-refractivity contribution in [2.45, 2.75) is 13.3 Å². The first-order valence-electron chi connectivity index (χ1n) is 3.47. The van der Waals surface area contributed by atoms with Crippen molar-refractivity contribution >= 4 is 18.5 Å². The summed E-state index contributed by atoms with van der Waals surface area (Å²) in [4.78, 5) is 6.19. The molecule has 0 aromatic rings. The van der Waals surface area contributed by atoms with Gasteiger partial charge in [0.05, 0.1) is 5.84 Å². The summed E-state index contributed by atoms with van der Waals surface area (Å²) in [5, 5.41) is 0. The van der Waals surface area contributed by atoms with Crippen LogP contribution >= 0.6 is 12.6 Å². The average molecular weight is 160 g/mol. The van der Waals surface area contributed by atoms with E-state index in [1.165, 1.54) is 0 Å². The van der Waals surface area contributed by atoms with Crippen LogP contribution in [0.1, 0.15) is 13.3 Å². The van der Waals surface area contributed by atoms with Gasteiger partial charge in [-0.2, -0.15) is 12.6 Å². The van der Waals surface area contributed by atoms with Gasteiger partial charge in [-0.05, 0) is 19.1 Å². The third-order valence-electron chi connectivity index (χ3n) is 1.53. The SMILES string of the molecule is CN=C(C)N(C)CCCS. The molecule has 0 saturated carbocycles. The number of thiol groups is 1. The molecule has 0 aliphatic carbocycles. The highest BCUT2D eigenvalue weighted by Crippen LogP contribution is 1.91. The van der Waals surface area contributed by atoms with Gasteiger partial charge < -0.3 is 4.90 Å². The summed E-state index contributed by atoms with van der Waals surface area (Å²) in [5.41, 5.74) is 0. The number of amidine groups is 1. The Bertz CT molecular complexity index is 112. The van der Waals surface area contributed by atoms with Crippen LogP contribution in [0.25, 0.3) is 0 Å². The van der Waals surface area contributed by atoms with Gasteiger partial charge in [0.15, 0.2) is 0 Å². The van der Waals surface area contributed by atoms with Gasteiger partial charge in [0.25, 0.3) is 0 Å². The molecule has 0 heterocycles. The van der Waals surface area contributed by atoms with Crippen LogP contribution in [0.3, 0.4) is 0 Å². The molecule has 0 fully saturated rings. The molecular formula is C7H16N2S. The summed E-state index contributed by atoms with van der Waals surface area (Å²) in [7, 11) is 3.86. The van der Waals surface area contributed by atoms with Crippen LogP contribution in [-0.2, 0) is 0 Å². The van der Waals surface area contributed by atoms with Crippen molar-refractivity contribution in [1.82, 2.24) is 4.90 Å². The van der Waals surface area contributed by atoms with Crippen molar-refractivity contribution < 1.29 is 0 Å². The molecule has 0 unspecified atom stereocenters. The van der Waals surface area contributed by atoms with Crippen molar-refractivity contribution in [2.75, 3.05) is 26.4 Å². The Morgan fingerprint density at radius 2 is 2.20 bits per heavy atom. The molecule has 0 atom stereocenters. The Hall–Kier alpha value is -0.180. The lowest BCUT2D eigenvalue weighted by atomic mass is 10.4. The van der Waals surface area contributed by atoms with Crippen LogP contribution in [0.15, 0.2) is 4.99 Å². The van der Waals surface area contributed by atoms with Crippen molar-refractivity contribution in [3.8, 4) is 0 Å². The molecule has 2 nitrogen and oxygen atoms in total. The number of nitrogens with zero attached hydrogens (tertiary/aromatic N) is 2. The van der Waals surface area contributed by atoms with E-state index in [-0.39, 0.29) is 0 Å². The molecule has 0 spiro atoms. The Kier molecular flexibility index (Phi) is 5.49. The van der Waals surface area contributed by atoms with Crippen LogP contribution in [0.4, 0.5) is 0 Å². The first kappa shape index (κ1) is 9.82. The fourth-order valence-corrected chi connectivity index (χ4v) is 0.782. The molecule has 0 amide bonds. The van der Waals surface area contributed by atoms with Gasteiger partial charge in [-0.1, -0.05) is 0 Å². The van der Waals surface area contributed by atoms with Crippen molar-refractivity contribution in [3.63, 3.8) is 0 Å². The summed E-state index contributed by atoms with van der Waals surface area (Å²) in [5.74, 6) is 2.03. The Morgan fingerprint density at radius 1 is 1.60 bits per heavy atom. The summed E-state index contributed by atoms with van der Waals surface area (Å²) in [6.45, 7) is 3.06. The van der Waals surface area contributed by atoms with E-state index < -0.39 is 0 Å². The normalized spacial score (nSPS) is 11.8. The molecule has 10 heavy (non-hydrogen) atoms. The van der Waals surface area contributed by atoms with Crippen LogP contribution in [0.2, 0.25) is 0 Å². The second-order valence-electron chi connectivity index (χ2n) is 2.27. The lowest BCUT2D eigenvalue weighted by molar-refractivity contribution is 0.499. The van der Waals surface area contributed by atoms with Gasteiger partial charge >= 0.3 is 0 Å². The maximum atomic E-state index is 4.13. The predicted molar refractivity (Wildman–Crippen MR) is 50.1 cm³/mol. The van der Waals surface area contributed by atoms with E-state index in [9.17, 15) is 0 Å². The summed E-state index contributed by atoms with van der Waals surface area (Å²) < 4.78 is 0. The molecule has 0 aromatic heterocycles. The van der Waals surface area contributed by atoms with Gasteiger partial charge in [-0.15, -0.1) is 0 Å². The van der Waals surface area contributed by atoms with Crippen molar-refractivity contribution in [3.05, 3.63) is 0 Å². The molecule has 0 saturated heterocycles. The van der Waals surface area contributed by atoms with E-state index >= 15 is 0 Å². The molecule has 0 aromatic carbocycles. The highest BCUT2D eigenvalue weighted by atomic mass is 32.1. The van der Waals surface area contributed by atoms with E-state index in [0.29, 0.717) is 0 Å². The Balaban J connectivity index is 3.51. The lowest BCUT2D eigenvalue weighted by Crippen LogP contribution is -2.25. The van der Waals surface area contributed by atoms with E-state index in [2.05, 4.69) is 22.5 Å². The molecule has 0 aliphatic rings. The Morgan fingerprint density at radius 3 is 2.60 bits per heavy atom. The second kappa shape index (κ2) is 5.59. The van der Waals surface area contributed by atoms with Gasteiger partial charge in [-0.25, -0.2) is 0 Å². The zero-order valence-electron chi connectivity index (χ0n) is 6.96. The maximum Gasteiger partial charge on any atom is 0.0951 e. The van der Waals surface area contributed by atoms with Gasteiger partial charge in [0.2, 0.25) is 0 Å². The maximum absolute atomic E-state index is 4.13. The second-order valence-corrected chi connectivity index (χ2v) is 2.72. The van der Waals surface area contributed by atoms with Gasteiger partial charge in [0, 0.05) is 20.6 Å². The van der Waals surface area contributed by atoms with E-state index in [1.54, 1.807) is 0 Å². The zero-order valence-corrected chi connectivity index (χ0v) is 7.86. The number of hydrogen-bond donors (Lipinski definition) is 1.